The summed E-state index contributed by atoms with van der Waals surface area (Å²) < 4.78 is 28.8. The molecule has 20 heavy (non-hydrogen) atoms. The highest BCUT2D eigenvalue weighted by atomic mass is 32.2. The molecule has 2 atom stereocenters. The Labute approximate surface area is 118 Å². The van der Waals surface area contributed by atoms with Crippen molar-refractivity contribution in [2.24, 2.45) is 11.8 Å². The molecule has 6 heteroatoms. The van der Waals surface area contributed by atoms with Crippen molar-refractivity contribution in [1.82, 2.24) is 5.43 Å². The number of rotatable bonds is 4. The van der Waals surface area contributed by atoms with E-state index in [1.54, 1.807) is 0 Å². The lowest BCUT2D eigenvalue weighted by atomic mass is 9.98. The van der Waals surface area contributed by atoms with E-state index in [-0.39, 0.29) is 23.5 Å². The van der Waals surface area contributed by atoms with Crippen LogP contribution in [-0.2, 0) is 9.84 Å². The molecule has 0 amide bonds. The summed E-state index contributed by atoms with van der Waals surface area (Å²) in [5, 5.41) is 1.03. The topological polar surface area (TPSA) is 85.3 Å². The van der Waals surface area contributed by atoms with Crippen LogP contribution in [0.1, 0.15) is 24.6 Å². The van der Waals surface area contributed by atoms with Crippen LogP contribution < -0.4 is 11.3 Å². The third kappa shape index (κ3) is 2.72. The first-order valence-corrected chi connectivity index (χ1v) is 8.54. The van der Waals surface area contributed by atoms with Gasteiger partial charge < -0.3 is 4.42 Å². The van der Waals surface area contributed by atoms with Gasteiger partial charge in [-0.25, -0.2) is 13.8 Å². The van der Waals surface area contributed by atoms with Crippen LogP contribution >= 0.6 is 0 Å². The summed E-state index contributed by atoms with van der Waals surface area (Å²) in [6.45, 7) is 0. The standard InChI is InChI=1S/C14H18N2O3S/c15-16-12(7-10-5-6-20(17,18)9-10)14-8-11-3-1-2-4-13(11)19-14/h1-4,8,10,12,16H,5-7,9,15H2. The predicted octanol–water partition coefficient (Wildman–Crippen LogP) is 1.76. The summed E-state index contributed by atoms with van der Waals surface area (Å²) in [7, 11) is -2.86. The van der Waals surface area contributed by atoms with Gasteiger partial charge in [-0.15, -0.1) is 0 Å². The van der Waals surface area contributed by atoms with Crippen LogP contribution in [0.3, 0.4) is 0 Å². The first kappa shape index (κ1) is 13.6. The van der Waals surface area contributed by atoms with E-state index < -0.39 is 9.84 Å². The minimum atomic E-state index is -2.86. The van der Waals surface area contributed by atoms with Crippen molar-refractivity contribution >= 4 is 20.8 Å². The van der Waals surface area contributed by atoms with Gasteiger partial charge in [0, 0.05) is 5.39 Å². The Morgan fingerprint density at radius 1 is 1.40 bits per heavy atom. The summed E-state index contributed by atoms with van der Waals surface area (Å²) in [5.74, 6) is 7.06. The van der Waals surface area contributed by atoms with Gasteiger partial charge in [-0.3, -0.25) is 5.84 Å². The number of hydrazine groups is 1. The van der Waals surface area contributed by atoms with Gasteiger partial charge in [0.1, 0.15) is 11.3 Å². The molecule has 2 aromatic rings. The lowest BCUT2D eigenvalue weighted by Crippen LogP contribution is -2.29. The van der Waals surface area contributed by atoms with Crippen LogP contribution in [0.5, 0.6) is 0 Å². The molecule has 2 heterocycles. The SMILES string of the molecule is NNC(CC1CCS(=O)(=O)C1)c1cc2ccccc2o1. The Morgan fingerprint density at radius 3 is 2.85 bits per heavy atom. The van der Waals surface area contributed by atoms with Crippen molar-refractivity contribution in [1.29, 1.82) is 0 Å². The zero-order valence-corrected chi connectivity index (χ0v) is 11.9. The molecule has 1 fully saturated rings. The van der Waals surface area contributed by atoms with Crippen molar-refractivity contribution in [2.45, 2.75) is 18.9 Å². The van der Waals surface area contributed by atoms with Crippen LogP contribution in [0, 0.1) is 5.92 Å². The molecule has 0 radical (unpaired) electrons. The third-order valence-electron chi connectivity index (χ3n) is 3.88. The molecular formula is C14H18N2O3S. The van der Waals surface area contributed by atoms with E-state index in [4.69, 9.17) is 10.3 Å². The van der Waals surface area contributed by atoms with Crippen LogP contribution in [0.2, 0.25) is 0 Å². The first-order chi connectivity index (χ1) is 9.57. The highest BCUT2D eigenvalue weighted by molar-refractivity contribution is 7.91. The van der Waals surface area contributed by atoms with Crippen LogP contribution in [0.4, 0.5) is 0 Å². The normalized spacial score (nSPS) is 23.1. The molecule has 0 spiro atoms. The van der Waals surface area contributed by atoms with Gasteiger partial charge in [-0.05, 0) is 30.9 Å². The average molecular weight is 294 g/mol. The zero-order chi connectivity index (χ0) is 14.2. The Hall–Kier alpha value is -1.37. The molecule has 3 N–H and O–H groups in total. The Kier molecular flexibility index (Phi) is 3.54. The molecule has 0 saturated carbocycles. The van der Waals surface area contributed by atoms with Crippen molar-refractivity contribution < 1.29 is 12.8 Å². The van der Waals surface area contributed by atoms with E-state index in [1.807, 2.05) is 30.3 Å². The smallest absolute Gasteiger partial charge is 0.150 e. The van der Waals surface area contributed by atoms with Crippen molar-refractivity contribution in [3.05, 3.63) is 36.1 Å². The monoisotopic (exact) mass is 294 g/mol. The maximum atomic E-state index is 11.5. The predicted molar refractivity (Wildman–Crippen MR) is 77.7 cm³/mol. The molecule has 2 unspecified atom stereocenters. The Balaban J connectivity index is 1.79. The Bertz CT molecular complexity index is 675. The first-order valence-electron chi connectivity index (χ1n) is 6.72. The largest absolute Gasteiger partial charge is 0.459 e. The van der Waals surface area contributed by atoms with Gasteiger partial charge in [0.2, 0.25) is 0 Å². The van der Waals surface area contributed by atoms with Crippen LogP contribution in [0.25, 0.3) is 11.0 Å². The van der Waals surface area contributed by atoms with E-state index >= 15 is 0 Å². The van der Waals surface area contributed by atoms with E-state index in [9.17, 15) is 8.42 Å². The summed E-state index contributed by atoms with van der Waals surface area (Å²) >= 11 is 0. The number of benzene rings is 1. The number of hydrogen-bond acceptors (Lipinski definition) is 5. The fourth-order valence-corrected chi connectivity index (χ4v) is 4.71. The number of furan rings is 1. The molecule has 108 valence electrons. The fourth-order valence-electron chi connectivity index (χ4n) is 2.83. The van der Waals surface area contributed by atoms with Gasteiger partial charge in [0.25, 0.3) is 0 Å². The second-order valence-corrected chi connectivity index (χ2v) is 7.64. The lowest BCUT2D eigenvalue weighted by molar-refractivity contribution is 0.367. The van der Waals surface area contributed by atoms with Crippen molar-refractivity contribution in [2.75, 3.05) is 11.5 Å². The minimum absolute atomic E-state index is 0.147. The van der Waals surface area contributed by atoms with Gasteiger partial charge in [0.15, 0.2) is 9.84 Å². The quantitative estimate of drug-likeness (QED) is 0.663. The molecule has 1 aromatic heterocycles. The van der Waals surface area contributed by atoms with Crippen LogP contribution in [0.15, 0.2) is 34.7 Å². The molecule has 0 bridgehead atoms. The molecule has 1 aliphatic heterocycles. The van der Waals surface area contributed by atoms with Crippen molar-refractivity contribution in [3.8, 4) is 0 Å². The average Bonchev–Trinajstić information content (AvgIpc) is 2.98. The molecule has 1 saturated heterocycles. The number of fused-ring (bicyclic) bond motifs is 1. The molecule has 3 rings (SSSR count). The van der Waals surface area contributed by atoms with Gasteiger partial charge in [-0.2, -0.15) is 0 Å². The molecule has 5 nitrogen and oxygen atoms in total. The number of nitrogens with one attached hydrogen (secondary N) is 1. The maximum Gasteiger partial charge on any atom is 0.150 e. The second-order valence-electron chi connectivity index (χ2n) is 5.41. The highest BCUT2D eigenvalue weighted by Gasteiger charge is 2.30. The number of para-hydroxylation sites is 1. The summed E-state index contributed by atoms with van der Waals surface area (Å²) in [6.07, 6.45) is 1.39. The number of sulfone groups is 1. The Morgan fingerprint density at radius 2 is 2.20 bits per heavy atom. The summed E-state index contributed by atoms with van der Waals surface area (Å²) in [5.41, 5.74) is 3.57. The second kappa shape index (κ2) is 5.20. The van der Waals surface area contributed by atoms with E-state index in [0.717, 1.165) is 16.7 Å². The van der Waals surface area contributed by atoms with Gasteiger partial charge >= 0.3 is 0 Å². The third-order valence-corrected chi connectivity index (χ3v) is 5.72. The van der Waals surface area contributed by atoms with E-state index in [1.165, 1.54) is 0 Å². The highest BCUT2D eigenvalue weighted by Crippen LogP contribution is 2.31. The molecular weight excluding hydrogens is 276 g/mol. The van der Waals surface area contributed by atoms with E-state index in [0.29, 0.717) is 12.8 Å². The lowest BCUT2D eigenvalue weighted by Gasteiger charge is -2.16. The number of nitrogens with two attached hydrogens (primary N) is 1. The molecule has 0 aliphatic carbocycles. The van der Waals surface area contributed by atoms with Crippen LogP contribution in [-0.4, -0.2) is 19.9 Å². The summed E-state index contributed by atoms with van der Waals surface area (Å²) in [6, 6.07) is 9.58. The van der Waals surface area contributed by atoms with Gasteiger partial charge in [-0.1, -0.05) is 18.2 Å². The summed E-state index contributed by atoms with van der Waals surface area (Å²) in [4.78, 5) is 0. The molecule has 1 aromatic carbocycles. The minimum Gasteiger partial charge on any atom is -0.459 e. The van der Waals surface area contributed by atoms with Gasteiger partial charge in [0.05, 0.1) is 17.5 Å². The van der Waals surface area contributed by atoms with Crippen molar-refractivity contribution in [3.63, 3.8) is 0 Å². The van der Waals surface area contributed by atoms with E-state index in [2.05, 4.69) is 5.43 Å². The fraction of sp³-hybridized carbons (Fsp3) is 0.429. The maximum absolute atomic E-state index is 11.5. The zero-order valence-electron chi connectivity index (χ0n) is 11.1. The molecule has 1 aliphatic rings. The number of hydrogen-bond donors (Lipinski definition) is 2.